The van der Waals surface area contributed by atoms with Gasteiger partial charge in [-0.25, -0.2) is 0 Å². The first kappa shape index (κ1) is 27.0. The second kappa shape index (κ2) is 8.17. The molecule has 0 saturated carbocycles. The highest BCUT2D eigenvalue weighted by Crippen LogP contribution is 2.65. The minimum atomic E-state index is -2.66. The first-order valence-electron chi connectivity index (χ1n) is 13.6. The lowest BCUT2D eigenvalue weighted by Gasteiger charge is -2.57. The lowest BCUT2D eigenvalue weighted by molar-refractivity contribution is -0.263. The Kier molecular flexibility index (Phi) is 5.26. The molecule has 0 bridgehead atoms. The van der Waals surface area contributed by atoms with Gasteiger partial charge in [-0.15, -0.1) is 0 Å². The third-order valence-corrected chi connectivity index (χ3v) is 9.54. The van der Waals surface area contributed by atoms with Crippen molar-refractivity contribution >= 4 is 17.3 Å². The molecule has 2 aromatic rings. The number of Topliss-reactive ketones (excluding diaryl/α,β-unsaturated/α-hetero) is 3. The monoisotopic (exact) mass is 580 g/mol. The Labute approximate surface area is 238 Å². The van der Waals surface area contributed by atoms with Gasteiger partial charge >= 0.3 is 0 Å². The number of phenols is 3. The van der Waals surface area contributed by atoms with Crippen LogP contribution in [0.3, 0.4) is 0 Å². The van der Waals surface area contributed by atoms with Gasteiger partial charge in [0.1, 0.15) is 35.2 Å². The fourth-order valence-electron chi connectivity index (χ4n) is 7.90. The van der Waals surface area contributed by atoms with E-state index in [2.05, 4.69) is 0 Å². The molecule has 42 heavy (non-hydrogen) atoms. The minimum absolute atomic E-state index is 0.144. The molecule has 3 aliphatic heterocycles. The summed E-state index contributed by atoms with van der Waals surface area (Å²) >= 11 is 0. The van der Waals surface area contributed by atoms with Crippen LogP contribution in [-0.2, 0) is 15.1 Å². The van der Waals surface area contributed by atoms with E-state index in [1.165, 1.54) is 27.7 Å². The second-order valence-electron chi connectivity index (χ2n) is 11.8. The van der Waals surface area contributed by atoms with Crippen LogP contribution in [0.1, 0.15) is 69.9 Å². The van der Waals surface area contributed by atoms with E-state index in [0.29, 0.717) is 0 Å². The average molecular weight is 581 g/mol. The maximum atomic E-state index is 14.3. The Morgan fingerprint density at radius 3 is 2.10 bits per heavy atom. The molecule has 6 N–H and O–H groups in total. The van der Waals surface area contributed by atoms with Crippen LogP contribution in [0.2, 0.25) is 0 Å². The Hall–Kier alpha value is -3.81. The van der Waals surface area contributed by atoms with E-state index < -0.39 is 105 Å². The average Bonchev–Trinajstić information content (AvgIpc) is 3.16. The van der Waals surface area contributed by atoms with Crippen molar-refractivity contribution < 1.29 is 59.2 Å². The zero-order valence-corrected chi connectivity index (χ0v) is 22.9. The van der Waals surface area contributed by atoms with Crippen molar-refractivity contribution in [2.75, 3.05) is 0 Å². The number of fused-ring (bicyclic) bond motifs is 6. The number of aliphatic hydroxyl groups excluding tert-OH is 2. The van der Waals surface area contributed by atoms with E-state index in [9.17, 15) is 45.0 Å². The molecular weight excluding hydrogens is 552 g/mol. The molecule has 0 aromatic heterocycles. The number of carbonyl (C=O) groups is 3. The zero-order chi connectivity index (χ0) is 30.4. The SMILES string of the molecule is C[C@H]1O[C@H](C)[C@@H](O)C2=C1C(=O)c1c(O)cc3c(c1C2=O)[C@@]1(O)c2cc(O)cc(O)c2C(=O)[C@H]2[C@@H](C)O[C@H](C)[C@@H](O)C21O3. The smallest absolute Gasteiger partial charge is 0.196 e. The molecule has 3 heterocycles. The fraction of sp³-hybridized carbons (Fsp3) is 0.433. The van der Waals surface area contributed by atoms with Crippen LogP contribution in [0.4, 0.5) is 0 Å². The van der Waals surface area contributed by atoms with Gasteiger partial charge in [0, 0.05) is 40.0 Å². The van der Waals surface area contributed by atoms with Crippen LogP contribution in [0.15, 0.2) is 29.3 Å². The fourth-order valence-corrected chi connectivity index (χ4v) is 7.90. The molecule has 1 saturated heterocycles. The predicted molar refractivity (Wildman–Crippen MR) is 140 cm³/mol. The number of ketones is 3. The number of hydrogen-bond donors (Lipinski definition) is 6. The van der Waals surface area contributed by atoms with Crippen LogP contribution in [-0.4, -0.2) is 90.2 Å². The highest BCUT2D eigenvalue weighted by atomic mass is 16.6. The van der Waals surface area contributed by atoms with E-state index in [1.807, 2.05) is 0 Å². The molecule has 7 rings (SSSR count). The van der Waals surface area contributed by atoms with Crippen LogP contribution in [0.5, 0.6) is 23.0 Å². The first-order valence-corrected chi connectivity index (χ1v) is 13.6. The van der Waals surface area contributed by atoms with Gasteiger partial charge in [-0.2, -0.15) is 0 Å². The number of ether oxygens (including phenoxy) is 3. The minimum Gasteiger partial charge on any atom is -0.508 e. The van der Waals surface area contributed by atoms with Gasteiger partial charge in [0.05, 0.1) is 41.5 Å². The topological polar surface area (TPSA) is 200 Å². The second-order valence-corrected chi connectivity index (χ2v) is 11.8. The largest absolute Gasteiger partial charge is 0.508 e. The summed E-state index contributed by atoms with van der Waals surface area (Å²) in [6.07, 6.45) is -7.06. The van der Waals surface area contributed by atoms with Crippen molar-refractivity contribution in [3.63, 3.8) is 0 Å². The molecular formula is C30H28O12. The summed E-state index contributed by atoms with van der Waals surface area (Å²) in [7, 11) is 0. The van der Waals surface area contributed by atoms with E-state index in [0.717, 1.165) is 18.2 Å². The summed E-state index contributed by atoms with van der Waals surface area (Å²) in [5.74, 6) is -6.12. The molecule has 1 fully saturated rings. The van der Waals surface area contributed by atoms with Gasteiger partial charge in [0.25, 0.3) is 0 Å². The molecule has 1 unspecified atom stereocenters. The van der Waals surface area contributed by atoms with Gasteiger partial charge in [-0.3, -0.25) is 14.4 Å². The molecule has 0 radical (unpaired) electrons. The van der Waals surface area contributed by atoms with Crippen molar-refractivity contribution in [1.82, 2.24) is 0 Å². The Bertz CT molecular complexity index is 1690. The molecule has 9 atom stereocenters. The van der Waals surface area contributed by atoms with E-state index in [1.54, 1.807) is 0 Å². The molecule has 2 aromatic carbocycles. The lowest BCUT2D eigenvalue weighted by atomic mass is 9.55. The molecule has 12 nitrogen and oxygen atoms in total. The number of hydrogen-bond acceptors (Lipinski definition) is 12. The normalized spacial score (nSPS) is 38.2. The number of aromatic hydroxyl groups is 3. The predicted octanol–water partition coefficient (Wildman–Crippen LogP) is 0.995. The highest BCUT2D eigenvalue weighted by Gasteiger charge is 2.77. The van der Waals surface area contributed by atoms with Crippen molar-refractivity contribution in [1.29, 1.82) is 0 Å². The Morgan fingerprint density at radius 1 is 0.762 bits per heavy atom. The van der Waals surface area contributed by atoms with E-state index >= 15 is 0 Å². The van der Waals surface area contributed by atoms with Crippen molar-refractivity contribution in [3.05, 3.63) is 57.2 Å². The van der Waals surface area contributed by atoms with Crippen molar-refractivity contribution in [3.8, 4) is 23.0 Å². The zero-order valence-electron chi connectivity index (χ0n) is 22.9. The number of benzene rings is 2. The van der Waals surface area contributed by atoms with Crippen LogP contribution >= 0.6 is 0 Å². The molecule has 2 aliphatic carbocycles. The third kappa shape index (κ3) is 2.81. The third-order valence-electron chi connectivity index (χ3n) is 9.54. The number of carbonyl (C=O) groups excluding carboxylic acids is 3. The van der Waals surface area contributed by atoms with Crippen molar-refractivity contribution in [2.45, 2.75) is 75.5 Å². The van der Waals surface area contributed by atoms with Crippen LogP contribution in [0.25, 0.3) is 0 Å². The van der Waals surface area contributed by atoms with Crippen LogP contribution < -0.4 is 4.74 Å². The Balaban J connectivity index is 1.63. The van der Waals surface area contributed by atoms with Gasteiger partial charge < -0.3 is 44.8 Å². The quantitative estimate of drug-likeness (QED) is 0.259. The van der Waals surface area contributed by atoms with Crippen molar-refractivity contribution in [2.24, 2.45) is 5.92 Å². The summed E-state index contributed by atoms with van der Waals surface area (Å²) in [6.45, 7) is 6.09. The molecule has 1 spiro atoms. The lowest BCUT2D eigenvalue weighted by Crippen LogP contribution is -2.75. The maximum Gasteiger partial charge on any atom is 0.196 e. The molecule has 220 valence electrons. The summed E-state index contributed by atoms with van der Waals surface area (Å²) < 4.78 is 17.8. The van der Waals surface area contributed by atoms with E-state index in [-0.39, 0.29) is 28.0 Å². The first-order chi connectivity index (χ1) is 19.7. The van der Waals surface area contributed by atoms with Gasteiger partial charge in [-0.1, -0.05) is 0 Å². The molecule has 5 aliphatic rings. The number of aliphatic hydroxyl groups is 3. The summed E-state index contributed by atoms with van der Waals surface area (Å²) in [5, 5.41) is 68.2. The number of rotatable bonds is 0. The summed E-state index contributed by atoms with van der Waals surface area (Å²) in [4.78, 5) is 42.3. The summed E-state index contributed by atoms with van der Waals surface area (Å²) in [5.41, 5.74) is -7.45. The van der Waals surface area contributed by atoms with Gasteiger partial charge in [0.2, 0.25) is 0 Å². The van der Waals surface area contributed by atoms with Gasteiger partial charge in [0.15, 0.2) is 28.6 Å². The van der Waals surface area contributed by atoms with Crippen LogP contribution in [0, 0.1) is 5.92 Å². The number of phenolic OH excluding ortho intramolecular Hbond substituents is 3. The molecule has 0 amide bonds. The van der Waals surface area contributed by atoms with E-state index in [4.69, 9.17) is 14.2 Å². The summed E-state index contributed by atoms with van der Waals surface area (Å²) in [6, 6.07) is 2.95. The maximum absolute atomic E-state index is 14.3. The van der Waals surface area contributed by atoms with Gasteiger partial charge in [-0.05, 0) is 33.8 Å². The Morgan fingerprint density at radius 2 is 1.40 bits per heavy atom. The standard InChI is InChI=1S/C30H28O12/c1-8-17-21(24(34)10(3)40-8)26(36)20-19(25(17)35)15(33)7-16-23(20)29(39)13-5-12(31)6-14(32)18(13)27(37)22-9(2)41-11(4)28(38)30(22,29)42-16/h5-11,22,24,28,31-34,38-39H,1-4H3/t8-,9-,10-,11-,22-,24-,28-,29+,30?/m1/s1. The highest BCUT2D eigenvalue weighted by molar-refractivity contribution is 6.30. The molecule has 12 heteroatoms.